The summed E-state index contributed by atoms with van der Waals surface area (Å²) in [6.45, 7) is 0.496. The molecule has 0 radical (unpaired) electrons. The molecular formula is C21H19N3O4. The van der Waals surface area contributed by atoms with Crippen molar-refractivity contribution in [1.82, 2.24) is 14.5 Å². The number of likely N-dealkylation sites (tertiary alicyclic amines) is 1. The van der Waals surface area contributed by atoms with E-state index in [0.717, 1.165) is 5.56 Å². The molecule has 1 fully saturated rings. The fraction of sp³-hybridized carbons (Fsp3) is 0.190. The third-order valence-electron chi connectivity index (χ3n) is 5.17. The fourth-order valence-corrected chi connectivity index (χ4v) is 3.75. The van der Waals surface area contributed by atoms with Crippen LogP contribution in [0.1, 0.15) is 21.8 Å². The molecule has 1 aromatic heterocycles. The molecule has 0 spiro atoms. The summed E-state index contributed by atoms with van der Waals surface area (Å²) in [5, 5.41) is 9.64. The molecule has 2 heterocycles. The van der Waals surface area contributed by atoms with Gasteiger partial charge in [0.2, 0.25) is 0 Å². The molecule has 1 aliphatic heterocycles. The van der Waals surface area contributed by atoms with Gasteiger partial charge in [-0.25, -0.2) is 4.79 Å². The molecule has 2 atom stereocenters. The summed E-state index contributed by atoms with van der Waals surface area (Å²) in [6.07, 6.45) is 3.12. The van der Waals surface area contributed by atoms with E-state index in [-0.39, 0.29) is 24.1 Å². The number of aromatic amines is 1. The van der Waals surface area contributed by atoms with Gasteiger partial charge in [0, 0.05) is 37.0 Å². The third-order valence-corrected chi connectivity index (χ3v) is 5.17. The van der Waals surface area contributed by atoms with Crippen molar-refractivity contribution >= 4 is 11.9 Å². The Hall–Kier alpha value is -3.61. The number of carboxylic acids is 1. The maximum Gasteiger partial charge on any atom is 0.330 e. The Balaban J connectivity index is 1.61. The van der Waals surface area contributed by atoms with Crippen LogP contribution in [0.15, 0.2) is 71.8 Å². The SMILES string of the molecule is O=C(O)[C@@H]1CN(C(=O)c2cccc(-n3cc[nH]c3=O)c2)C[C@H]1c1ccccc1. The molecule has 1 aliphatic rings. The van der Waals surface area contributed by atoms with E-state index < -0.39 is 11.9 Å². The van der Waals surface area contributed by atoms with E-state index in [2.05, 4.69) is 4.98 Å². The van der Waals surface area contributed by atoms with Crippen molar-refractivity contribution in [2.24, 2.45) is 5.92 Å². The second-order valence-electron chi connectivity index (χ2n) is 6.86. The molecule has 2 N–H and O–H groups in total. The first-order chi connectivity index (χ1) is 13.5. The van der Waals surface area contributed by atoms with Crippen LogP contribution in [0.5, 0.6) is 0 Å². The Labute approximate surface area is 160 Å². The third kappa shape index (κ3) is 3.22. The van der Waals surface area contributed by atoms with Crippen LogP contribution in [0, 0.1) is 5.92 Å². The Morgan fingerprint density at radius 1 is 1.04 bits per heavy atom. The van der Waals surface area contributed by atoms with Gasteiger partial charge in [-0.05, 0) is 23.8 Å². The van der Waals surface area contributed by atoms with E-state index in [9.17, 15) is 19.5 Å². The topological polar surface area (TPSA) is 95.4 Å². The van der Waals surface area contributed by atoms with Crippen molar-refractivity contribution < 1.29 is 14.7 Å². The second kappa shape index (κ2) is 7.19. The first kappa shape index (κ1) is 17.8. The van der Waals surface area contributed by atoms with Gasteiger partial charge in [-0.1, -0.05) is 36.4 Å². The summed E-state index contributed by atoms with van der Waals surface area (Å²) >= 11 is 0. The zero-order chi connectivity index (χ0) is 19.7. The van der Waals surface area contributed by atoms with Crippen LogP contribution in [0.4, 0.5) is 0 Å². The van der Waals surface area contributed by atoms with E-state index in [1.807, 2.05) is 30.3 Å². The van der Waals surface area contributed by atoms with Crippen molar-refractivity contribution in [3.8, 4) is 5.69 Å². The molecule has 28 heavy (non-hydrogen) atoms. The summed E-state index contributed by atoms with van der Waals surface area (Å²) in [5.41, 5.74) is 1.62. The lowest BCUT2D eigenvalue weighted by Gasteiger charge is -2.17. The lowest BCUT2D eigenvalue weighted by Crippen LogP contribution is -2.30. The van der Waals surface area contributed by atoms with Gasteiger partial charge in [-0.2, -0.15) is 0 Å². The largest absolute Gasteiger partial charge is 0.481 e. The van der Waals surface area contributed by atoms with E-state index in [1.165, 1.54) is 10.8 Å². The number of rotatable bonds is 4. The van der Waals surface area contributed by atoms with Crippen LogP contribution in [-0.4, -0.2) is 44.5 Å². The lowest BCUT2D eigenvalue weighted by atomic mass is 9.89. The molecule has 0 unspecified atom stereocenters. The van der Waals surface area contributed by atoms with Crippen molar-refractivity contribution in [1.29, 1.82) is 0 Å². The van der Waals surface area contributed by atoms with Gasteiger partial charge in [-0.3, -0.25) is 14.2 Å². The van der Waals surface area contributed by atoms with Crippen molar-refractivity contribution in [2.75, 3.05) is 13.1 Å². The van der Waals surface area contributed by atoms with Gasteiger partial charge in [0.15, 0.2) is 0 Å². The summed E-state index contributed by atoms with van der Waals surface area (Å²) in [6, 6.07) is 16.2. The Morgan fingerprint density at radius 3 is 2.50 bits per heavy atom. The average molecular weight is 377 g/mol. The number of benzene rings is 2. The van der Waals surface area contributed by atoms with Gasteiger partial charge in [0.05, 0.1) is 11.6 Å². The number of aliphatic carboxylic acids is 1. The molecule has 0 saturated carbocycles. The van der Waals surface area contributed by atoms with Crippen molar-refractivity contribution in [3.05, 3.63) is 88.6 Å². The van der Waals surface area contributed by atoms with Gasteiger partial charge < -0.3 is 15.0 Å². The van der Waals surface area contributed by atoms with Crippen molar-refractivity contribution in [3.63, 3.8) is 0 Å². The summed E-state index contributed by atoms with van der Waals surface area (Å²) in [5.74, 6) is -2.05. The van der Waals surface area contributed by atoms with E-state index in [1.54, 1.807) is 35.4 Å². The van der Waals surface area contributed by atoms with Crippen LogP contribution >= 0.6 is 0 Å². The number of amides is 1. The van der Waals surface area contributed by atoms with Crippen molar-refractivity contribution in [2.45, 2.75) is 5.92 Å². The number of nitrogens with one attached hydrogen (secondary N) is 1. The molecular weight excluding hydrogens is 358 g/mol. The highest BCUT2D eigenvalue weighted by molar-refractivity contribution is 5.95. The number of imidazole rings is 1. The van der Waals surface area contributed by atoms with Crippen LogP contribution < -0.4 is 5.69 Å². The first-order valence-electron chi connectivity index (χ1n) is 8.98. The van der Waals surface area contributed by atoms with Gasteiger partial charge in [0.25, 0.3) is 5.91 Å². The molecule has 1 saturated heterocycles. The smallest absolute Gasteiger partial charge is 0.330 e. The molecule has 7 heteroatoms. The predicted molar refractivity (Wildman–Crippen MR) is 103 cm³/mol. The highest BCUT2D eigenvalue weighted by atomic mass is 16.4. The molecule has 142 valence electrons. The lowest BCUT2D eigenvalue weighted by molar-refractivity contribution is -0.141. The Morgan fingerprint density at radius 2 is 1.82 bits per heavy atom. The van der Waals surface area contributed by atoms with Crippen LogP contribution in [0.3, 0.4) is 0 Å². The monoisotopic (exact) mass is 377 g/mol. The number of aromatic nitrogens is 2. The molecule has 1 amide bonds. The predicted octanol–water partition coefficient (Wildman–Crippen LogP) is 2.11. The first-order valence-corrected chi connectivity index (χ1v) is 8.98. The summed E-state index contributed by atoms with van der Waals surface area (Å²) in [4.78, 5) is 40.8. The van der Waals surface area contributed by atoms with Gasteiger partial charge in [0.1, 0.15) is 0 Å². The normalized spacial score (nSPS) is 18.9. The highest BCUT2D eigenvalue weighted by Gasteiger charge is 2.40. The highest BCUT2D eigenvalue weighted by Crippen LogP contribution is 2.33. The number of hydrogen-bond donors (Lipinski definition) is 2. The average Bonchev–Trinajstić information content (AvgIpc) is 3.35. The molecule has 0 aliphatic carbocycles. The van der Waals surface area contributed by atoms with Gasteiger partial charge >= 0.3 is 11.7 Å². The number of carbonyl (C=O) groups excluding carboxylic acids is 1. The van der Waals surface area contributed by atoms with Crippen LogP contribution in [0.25, 0.3) is 5.69 Å². The van der Waals surface area contributed by atoms with Crippen LogP contribution in [0.2, 0.25) is 0 Å². The summed E-state index contributed by atoms with van der Waals surface area (Å²) < 4.78 is 1.41. The minimum absolute atomic E-state index is 0.155. The fourth-order valence-electron chi connectivity index (χ4n) is 3.75. The minimum atomic E-state index is -0.906. The zero-order valence-corrected chi connectivity index (χ0v) is 15.0. The second-order valence-corrected chi connectivity index (χ2v) is 6.86. The van der Waals surface area contributed by atoms with Crippen LogP contribution in [-0.2, 0) is 4.79 Å². The quantitative estimate of drug-likeness (QED) is 0.728. The Kier molecular flexibility index (Phi) is 4.57. The number of H-pyrrole nitrogens is 1. The van der Waals surface area contributed by atoms with E-state index >= 15 is 0 Å². The number of nitrogens with zero attached hydrogens (tertiary/aromatic N) is 2. The summed E-state index contributed by atoms with van der Waals surface area (Å²) in [7, 11) is 0. The van der Waals surface area contributed by atoms with E-state index in [0.29, 0.717) is 17.8 Å². The molecule has 3 aromatic rings. The maximum absolute atomic E-state index is 13.0. The number of hydrogen-bond acceptors (Lipinski definition) is 3. The minimum Gasteiger partial charge on any atom is -0.481 e. The molecule has 7 nitrogen and oxygen atoms in total. The van der Waals surface area contributed by atoms with Gasteiger partial charge in [-0.15, -0.1) is 0 Å². The molecule has 2 aromatic carbocycles. The van der Waals surface area contributed by atoms with E-state index in [4.69, 9.17) is 0 Å². The standard InChI is InChI=1S/C21H19N3O4/c25-19(15-7-4-8-16(11-15)24-10-9-22-21(24)28)23-12-17(18(13-23)20(26)27)14-5-2-1-3-6-14/h1-11,17-18H,12-13H2,(H,22,28)(H,26,27)/t17-,18+/m0/s1. The molecule has 0 bridgehead atoms. The Bertz CT molecular complexity index is 1070. The maximum atomic E-state index is 13.0. The number of carboxylic acid groups (broad SMARTS) is 1. The molecule has 4 rings (SSSR count). The zero-order valence-electron chi connectivity index (χ0n) is 15.0. The number of carbonyl (C=O) groups is 2.